The first-order valence-electron chi connectivity index (χ1n) is 8.32. The van der Waals surface area contributed by atoms with Crippen LogP contribution in [0.5, 0.6) is 5.75 Å². The lowest BCUT2D eigenvalue weighted by molar-refractivity contribution is -0.119. The predicted molar refractivity (Wildman–Crippen MR) is 103 cm³/mol. The quantitative estimate of drug-likeness (QED) is 0.747. The lowest BCUT2D eigenvalue weighted by Crippen LogP contribution is -2.25. The van der Waals surface area contributed by atoms with Crippen LogP contribution in [0.2, 0.25) is 5.02 Å². The number of fused-ring (bicyclic) bond motifs is 1. The van der Waals surface area contributed by atoms with Gasteiger partial charge in [-0.05, 0) is 30.3 Å². The number of amides is 3. The van der Waals surface area contributed by atoms with Gasteiger partial charge >= 0.3 is 0 Å². The molecule has 2 aromatic rings. The molecule has 1 aliphatic heterocycles. The molecule has 0 bridgehead atoms. The van der Waals surface area contributed by atoms with Crippen LogP contribution in [0.25, 0.3) is 0 Å². The highest BCUT2D eigenvalue weighted by molar-refractivity contribution is 6.34. The molecule has 8 heteroatoms. The third kappa shape index (κ3) is 4.38. The molecule has 0 aromatic heterocycles. The first kappa shape index (κ1) is 18.7. The second-order valence-corrected chi connectivity index (χ2v) is 6.75. The van der Waals surface area contributed by atoms with Crippen molar-refractivity contribution in [2.24, 2.45) is 5.92 Å². The Morgan fingerprint density at radius 2 is 1.85 bits per heavy atom. The Morgan fingerprint density at radius 3 is 2.52 bits per heavy atom. The second kappa shape index (κ2) is 7.67. The molecule has 0 spiro atoms. The van der Waals surface area contributed by atoms with E-state index in [1.165, 1.54) is 6.07 Å². The molecule has 2 aromatic carbocycles. The van der Waals surface area contributed by atoms with E-state index in [4.69, 9.17) is 16.3 Å². The van der Waals surface area contributed by atoms with Crippen LogP contribution in [-0.4, -0.2) is 24.3 Å². The number of hydrogen-bond donors (Lipinski definition) is 3. The average Bonchev–Trinajstić information content (AvgIpc) is 2.63. The lowest BCUT2D eigenvalue weighted by atomic mass is 10.1. The van der Waals surface area contributed by atoms with E-state index >= 15 is 0 Å². The third-order valence-electron chi connectivity index (χ3n) is 3.89. The highest BCUT2D eigenvalue weighted by Gasteiger charge is 2.19. The minimum Gasteiger partial charge on any atom is -0.482 e. The van der Waals surface area contributed by atoms with E-state index in [1.807, 2.05) is 0 Å². The highest BCUT2D eigenvalue weighted by Crippen LogP contribution is 2.36. The molecule has 0 atom stereocenters. The van der Waals surface area contributed by atoms with Gasteiger partial charge in [-0.25, -0.2) is 0 Å². The maximum absolute atomic E-state index is 12.5. The minimum absolute atomic E-state index is 0.0917. The summed E-state index contributed by atoms with van der Waals surface area (Å²) in [5, 5.41) is 8.40. The van der Waals surface area contributed by atoms with Gasteiger partial charge < -0.3 is 20.7 Å². The highest BCUT2D eigenvalue weighted by atomic mass is 35.5. The molecule has 0 saturated heterocycles. The van der Waals surface area contributed by atoms with Crippen molar-refractivity contribution in [3.63, 3.8) is 0 Å². The number of nitrogens with one attached hydrogen (secondary N) is 3. The number of rotatable bonds is 4. The number of anilines is 3. The van der Waals surface area contributed by atoms with Crippen LogP contribution in [0, 0.1) is 5.92 Å². The third-order valence-corrected chi connectivity index (χ3v) is 4.20. The molecule has 27 heavy (non-hydrogen) atoms. The normalized spacial score (nSPS) is 12.7. The van der Waals surface area contributed by atoms with E-state index in [1.54, 1.807) is 44.2 Å². The molecule has 140 valence electrons. The summed E-state index contributed by atoms with van der Waals surface area (Å²) in [6, 6.07) is 9.60. The summed E-state index contributed by atoms with van der Waals surface area (Å²) >= 11 is 6.18. The summed E-state index contributed by atoms with van der Waals surface area (Å²) < 4.78 is 5.33. The Kier molecular flexibility index (Phi) is 5.32. The van der Waals surface area contributed by atoms with E-state index in [-0.39, 0.29) is 35.3 Å². The summed E-state index contributed by atoms with van der Waals surface area (Å²) in [6.45, 7) is 3.51. The molecule has 3 N–H and O–H groups in total. The van der Waals surface area contributed by atoms with Crippen LogP contribution in [0.15, 0.2) is 36.4 Å². The Labute approximate surface area is 161 Å². The lowest BCUT2D eigenvalue weighted by Gasteiger charge is -2.19. The van der Waals surface area contributed by atoms with Gasteiger partial charge in [-0.15, -0.1) is 0 Å². The van der Waals surface area contributed by atoms with Crippen molar-refractivity contribution in [2.45, 2.75) is 13.8 Å². The summed E-state index contributed by atoms with van der Waals surface area (Å²) in [7, 11) is 0. The zero-order chi connectivity index (χ0) is 19.6. The largest absolute Gasteiger partial charge is 0.482 e. The maximum Gasteiger partial charge on any atom is 0.262 e. The summed E-state index contributed by atoms with van der Waals surface area (Å²) in [5.74, 6) is -0.425. The molecule has 0 unspecified atom stereocenters. The van der Waals surface area contributed by atoms with Gasteiger partial charge in [0.1, 0.15) is 5.75 Å². The Bertz CT molecular complexity index is 910. The zero-order valence-electron chi connectivity index (χ0n) is 14.8. The number of ether oxygens (including phenoxy) is 1. The molecule has 7 nitrogen and oxygen atoms in total. The average molecular weight is 388 g/mol. The van der Waals surface area contributed by atoms with Crippen LogP contribution >= 0.6 is 11.6 Å². The topological polar surface area (TPSA) is 96.5 Å². The SMILES string of the molecule is CC(C)C(=O)Nc1ccc(C(=O)Nc2cc3c(cc2Cl)NC(=O)CO3)cc1. The monoisotopic (exact) mass is 387 g/mol. The van der Waals surface area contributed by atoms with E-state index in [2.05, 4.69) is 16.0 Å². The molecule has 3 amide bonds. The summed E-state index contributed by atoms with van der Waals surface area (Å²) in [6.07, 6.45) is 0. The fraction of sp³-hybridized carbons (Fsp3) is 0.211. The predicted octanol–water partition coefficient (Wildman–Crippen LogP) is 3.52. The first-order valence-corrected chi connectivity index (χ1v) is 8.70. The minimum atomic E-state index is -0.363. The van der Waals surface area contributed by atoms with Crippen molar-refractivity contribution in [2.75, 3.05) is 22.6 Å². The van der Waals surface area contributed by atoms with E-state index < -0.39 is 0 Å². The van der Waals surface area contributed by atoms with Crippen LogP contribution in [0.4, 0.5) is 17.1 Å². The van der Waals surface area contributed by atoms with Gasteiger partial charge in [0, 0.05) is 23.2 Å². The van der Waals surface area contributed by atoms with Crippen LogP contribution in [0.1, 0.15) is 24.2 Å². The van der Waals surface area contributed by atoms with Gasteiger partial charge in [0.25, 0.3) is 11.8 Å². The summed E-state index contributed by atoms with van der Waals surface area (Å²) in [5.41, 5.74) is 1.84. The number of halogens is 1. The smallest absolute Gasteiger partial charge is 0.262 e. The van der Waals surface area contributed by atoms with Gasteiger partial charge in [0.2, 0.25) is 5.91 Å². The number of hydrogen-bond acceptors (Lipinski definition) is 4. The molecule has 0 saturated carbocycles. The van der Waals surface area contributed by atoms with E-state index in [0.717, 1.165) is 0 Å². The van der Waals surface area contributed by atoms with Gasteiger partial charge in [-0.2, -0.15) is 0 Å². The van der Waals surface area contributed by atoms with Gasteiger partial charge in [0.05, 0.1) is 16.4 Å². The van der Waals surface area contributed by atoms with Crippen molar-refractivity contribution in [1.82, 2.24) is 0 Å². The van der Waals surface area contributed by atoms with Gasteiger partial charge in [-0.1, -0.05) is 25.4 Å². The van der Waals surface area contributed by atoms with Crippen LogP contribution in [0.3, 0.4) is 0 Å². The first-order chi connectivity index (χ1) is 12.8. The fourth-order valence-electron chi connectivity index (χ4n) is 2.38. The maximum atomic E-state index is 12.5. The van der Waals surface area contributed by atoms with Crippen molar-refractivity contribution < 1.29 is 19.1 Å². The molecule has 0 fully saturated rings. The molecule has 1 heterocycles. The van der Waals surface area contributed by atoms with Crippen molar-refractivity contribution >= 4 is 46.4 Å². The molecule has 3 rings (SSSR count). The number of carbonyl (C=O) groups is 3. The van der Waals surface area contributed by atoms with E-state index in [0.29, 0.717) is 28.4 Å². The van der Waals surface area contributed by atoms with Crippen LogP contribution < -0.4 is 20.7 Å². The second-order valence-electron chi connectivity index (χ2n) is 6.34. The zero-order valence-corrected chi connectivity index (χ0v) is 15.5. The van der Waals surface area contributed by atoms with E-state index in [9.17, 15) is 14.4 Å². The van der Waals surface area contributed by atoms with Gasteiger partial charge in [0.15, 0.2) is 6.61 Å². The van der Waals surface area contributed by atoms with Crippen LogP contribution in [-0.2, 0) is 9.59 Å². The number of benzene rings is 2. The van der Waals surface area contributed by atoms with Crippen molar-refractivity contribution in [3.8, 4) is 5.75 Å². The molecule has 0 radical (unpaired) electrons. The standard InChI is InChI=1S/C19H18ClN3O4/c1-10(2)18(25)21-12-5-3-11(4-6-12)19(26)23-14-8-16-15(7-13(14)20)22-17(24)9-27-16/h3-8,10H,9H2,1-2H3,(H,21,25)(H,22,24)(H,23,26). The molecule has 0 aliphatic carbocycles. The molecule has 1 aliphatic rings. The summed E-state index contributed by atoms with van der Waals surface area (Å²) in [4.78, 5) is 35.5. The Morgan fingerprint density at radius 1 is 1.15 bits per heavy atom. The van der Waals surface area contributed by atoms with Gasteiger partial charge in [-0.3, -0.25) is 14.4 Å². The molecular formula is C19H18ClN3O4. The van der Waals surface area contributed by atoms with Crippen molar-refractivity contribution in [3.05, 3.63) is 47.0 Å². The Hall–Kier alpha value is -3.06. The Balaban J connectivity index is 1.72. The number of carbonyl (C=O) groups excluding carboxylic acids is 3. The molecular weight excluding hydrogens is 370 g/mol. The van der Waals surface area contributed by atoms with Crippen molar-refractivity contribution in [1.29, 1.82) is 0 Å². The fourth-order valence-corrected chi connectivity index (χ4v) is 2.59.